The van der Waals surface area contributed by atoms with Crippen LogP contribution in [0, 0.1) is 0 Å². The van der Waals surface area contributed by atoms with Crippen LogP contribution in [0.4, 0.5) is 4.79 Å². The molecule has 0 saturated carbocycles. The highest BCUT2D eigenvalue weighted by atomic mass is 79.9. The SMILES string of the molecule is CCC(NC(=O)N(C)C(C)CO)c1ccccc1Br. The Morgan fingerprint density at radius 1 is 1.47 bits per heavy atom. The number of benzene rings is 1. The molecule has 2 amide bonds. The number of amides is 2. The highest BCUT2D eigenvalue weighted by Gasteiger charge is 2.19. The van der Waals surface area contributed by atoms with Gasteiger partial charge < -0.3 is 15.3 Å². The van der Waals surface area contributed by atoms with Crippen LogP contribution in [0.2, 0.25) is 0 Å². The van der Waals surface area contributed by atoms with Gasteiger partial charge >= 0.3 is 6.03 Å². The van der Waals surface area contributed by atoms with E-state index >= 15 is 0 Å². The lowest BCUT2D eigenvalue weighted by Crippen LogP contribution is -2.45. The molecule has 0 aliphatic carbocycles. The highest BCUT2D eigenvalue weighted by molar-refractivity contribution is 9.10. The number of likely N-dealkylation sites (N-methyl/N-ethyl adjacent to an activating group) is 1. The van der Waals surface area contributed by atoms with Crippen LogP contribution < -0.4 is 5.32 Å². The van der Waals surface area contributed by atoms with Crippen molar-refractivity contribution in [2.75, 3.05) is 13.7 Å². The van der Waals surface area contributed by atoms with E-state index in [0.29, 0.717) is 0 Å². The van der Waals surface area contributed by atoms with E-state index in [-0.39, 0.29) is 24.7 Å². The summed E-state index contributed by atoms with van der Waals surface area (Å²) in [6.45, 7) is 3.79. The second-order valence-corrected chi connectivity index (χ2v) is 5.43. The van der Waals surface area contributed by atoms with Crippen molar-refractivity contribution in [1.82, 2.24) is 10.2 Å². The largest absolute Gasteiger partial charge is 0.394 e. The van der Waals surface area contributed by atoms with Crippen molar-refractivity contribution >= 4 is 22.0 Å². The van der Waals surface area contributed by atoms with Gasteiger partial charge in [0, 0.05) is 11.5 Å². The first-order chi connectivity index (χ1) is 9.01. The molecule has 5 heteroatoms. The fourth-order valence-electron chi connectivity index (χ4n) is 1.73. The van der Waals surface area contributed by atoms with Gasteiger partial charge in [0.05, 0.1) is 18.7 Å². The number of carbonyl (C=O) groups is 1. The smallest absolute Gasteiger partial charge is 0.317 e. The lowest BCUT2D eigenvalue weighted by atomic mass is 10.0. The van der Waals surface area contributed by atoms with Crippen LogP contribution in [-0.4, -0.2) is 35.7 Å². The molecule has 4 nitrogen and oxygen atoms in total. The Morgan fingerprint density at radius 3 is 2.63 bits per heavy atom. The van der Waals surface area contributed by atoms with Crippen LogP contribution in [0.3, 0.4) is 0 Å². The van der Waals surface area contributed by atoms with Crippen LogP contribution in [0.1, 0.15) is 31.9 Å². The maximum Gasteiger partial charge on any atom is 0.317 e. The van der Waals surface area contributed by atoms with Gasteiger partial charge in [-0.15, -0.1) is 0 Å². The predicted molar refractivity (Wildman–Crippen MR) is 80.0 cm³/mol. The molecule has 106 valence electrons. The first-order valence-electron chi connectivity index (χ1n) is 6.39. The van der Waals surface area contributed by atoms with E-state index in [1.165, 1.54) is 4.90 Å². The summed E-state index contributed by atoms with van der Waals surface area (Å²) >= 11 is 3.50. The van der Waals surface area contributed by atoms with Crippen LogP contribution in [0.15, 0.2) is 28.7 Å². The minimum absolute atomic E-state index is 0.0450. The summed E-state index contributed by atoms with van der Waals surface area (Å²) in [5.74, 6) is 0. The van der Waals surface area contributed by atoms with Gasteiger partial charge in [-0.3, -0.25) is 0 Å². The summed E-state index contributed by atoms with van der Waals surface area (Å²) in [7, 11) is 1.68. The minimum Gasteiger partial charge on any atom is -0.394 e. The number of aliphatic hydroxyl groups excluding tert-OH is 1. The van der Waals surface area contributed by atoms with Gasteiger partial charge in [-0.1, -0.05) is 41.1 Å². The molecule has 19 heavy (non-hydrogen) atoms. The average molecular weight is 329 g/mol. The quantitative estimate of drug-likeness (QED) is 0.873. The van der Waals surface area contributed by atoms with Gasteiger partial charge in [-0.2, -0.15) is 0 Å². The molecular weight excluding hydrogens is 308 g/mol. The van der Waals surface area contributed by atoms with Crippen molar-refractivity contribution in [3.8, 4) is 0 Å². The van der Waals surface area contributed by atoms with Gasteiger partial charge in [0.25, 0.3) is 0 Å². The van der Waals surface area contributed by atoms with E-state index in [4.69, 9.17) is 5.11 Å². The van der Waals surface area contributed by atoms with Crippen molar-refractivity contribution in [3.63, 3.8) is 0 Å². The molecule has 0 heterocycles. The fourth-order valence-corrected chi connectivity index (χ4v) is 2.29. The van der Waals surface area contributed by atoms with E-state index in [9.17, 15) is 4.79 Å². The summed E-state index contributed by atoms with van der Waals surface area (Å²) in [5, 5.41) is 12.1. The molecule has 0 aliphatic rings. The zero-order valence-electron chi connectivity index (χ0n) is 11.6. The molecule has 0 spiro atoms. The third-order valence-electron chi connectivity index (χ3n) is 3.23. The molecule has 2 atom stereocenters. The molecule has 0 radical (unpaired) electrons. The van der Waals surface area contributed by atoms with Gasteiger partial charge in [-0.25, -0.2) is 4.79 Å². The normalized spacial score (nSPS) is 13.7. The average Bonchev–Trinajstić information content (AvgIpc) is 2.43. The molecule has 0 fully saturated rings. The number of hydrogen-bond acceptors (Lipinski definition) is 2. The molecule has 1 rings (SSSR count). The van der Waals surface area contributed by atoms with Crippen molar-refractivity contribution in [1.29, 1.82) is 0 Å². The first kappa shape index (κ1) is 16.0. The van der Waals surface area contributed by atoms with Crippen molar-refractivity contribution in [3.05, 3.63) is 34.3 Å². The van der Waals surface area contributed by atoms with Crippen LogP contribution >= 0.6 is 15.9 Å². The number of nitrogens with zero attached hydrogens (tertiary/aromatic N) is 1. The third-order valence-corrected chi connectivity index (χ3v) is 3.95. The lowest BCUT2D eigenvalue weighted by molar-refractivity contribution is 0.154. The van der Waals surface area contributed by atoms with Crippen LogP contribution in [0.25, 0.3) is 0 Å². The maximum atomic E-state index is 12.1. The van der Waals surface area contributed by atoms with Gasteiger partial charge in [0.15, 0.2) is 0 Å². The lowest BCUT2D eigenvalue weighted by Gasteiger charge is -2.27. The summed E-state index contributed by atoms with van der Waals surface area (Å²) in [6, 6.07) is 7.44. The van der Waals surface area contributed by atoms with Gasteiger partial charge in [-0.05, 0) is 25.0 Å². The molecular formula is C14H21BrN2O2. The highest BCUT2D eigenvalue weighted by Crippen LogP contribution is 2.25. The number of nitrogens with one attached hydrogen (secondary N) is 1. The number of urea groups is 1. The Morgan fingerprint density at radius 2 is 2.11 bits per heavy atom. The number of halogens is 1. The topological polar surface area (TPSA) is 52.6 Å². The molecule has 0 aliphatic heterocycles. The zero-order valence-corrected chi connectivity index (χ0v) is 13.1. The van der Waals surface area contributed by atoms with Crippen molar-refractivity contribution < 1.29 is 9.90 Å². The summed E-state index contributed by atoms with van der Waals surface area (Å²) < 4.78 is 0.986. The number of rotatable bonds is 5. The Balaban J connectivity index is 2.78. The Kier molecular flexibility index (Phi) is 6.31. The number of aliphatic hydroxyl groups is 1. The minimum atomic E-state index is -0.197. The molecule has 2 N–H and O–H groups in total. The van der Waals surface area contributed by atoms with Crippen molar-refractivity contribution in [2.45, 2.75) is 32.4 Å². The second-order valence-electron chi connectivity index (χ2n) is 4.57. The predicted octanol–water partition coefficient (Wildman–Crippen LogP) is 2.92. The molecule has 0 aromatic heterocycles. The molecule has 0 bridgehead atoms. The van der Waals surface area contributed by atoms with E-state index in [1.807, 2.05) is 31.2 Å². The summed E-state index contributed by atoms with van der Waals surface area (Å²) in [5.41, 5.74) is 1.06. The molecule has 2 unspecified atom stereocenters. The van der Waals surface area contributed by atoms with E-state index < -0.39 is 0 Å². The Labute approximate surface area is 122 Å². The van der Waals surface area contributed by atoms with Crippen LogP contribution in [0.5, 0.6) is 0 Å². The fraction of sp³-hybridized carbons (Fsp3) is 0.500. The van der Waals surface area contributed by atoms with Crippen molar-refractivity contribution in [2.24, 2.45) is 0 Å². The number of carbonyl (C=O) groups excluding carboxylic acids is 1. The summed E-state index contributed by atoms with van der Waals surface area (Å²) in [6.07, 6.45) is 0.801. The Hall–Kier alpha value is -1.07. The van der Waals surface area contributed by atoms with E-state index in [2.05, 4.69) is 21.2 Å². The zero-order chi connectivity index (χ0) is 14.4. The summed E-state index contributed by atoms with van der Waals surface area (Å²) in [4.78, 5) is 13.6. The first-order valence-corrected chi connectivity index (χ1v) is 7.19. The monoisotopic (exact) mass is 328 g/mol. The van der Waals surface area contributed by atoms with E-state index in [0.717, 1.165) is 16.5 Å². The molecule has 0 saturated heterocycles. The standard InChI is InChI=1S/C14H21BrN2O2/c1-4-13(11-7-5-6-8-12(11)15)16-14(19)17(3)10(2)9-18/h5-8,10,13,18H,4,9H2,1-3H3,(H,16,19). The molecule has 1 aromatic carbocycles. The maximum absolute atomic E-state index is 12.1. The second kappa shape index (κ2) is 7.50. The third kappa shape index (κ3) is 4.21. The van der Waals surface area contributed by atoms with E-state index in [1.54, 1.807) is 14.0 Å². The van der Waals surface area contributed by atoms with Gasteiger partial charge in [0.1, 0.15) is 0 Å². The number of hydrogen-bond donors (Lipinski definition) is 2. The van der Waals surface area contributed by atoms with Crippen LogP contribution in [-0.2, 0) is 0 Å². The Bertz CT molecular complexity index is 426. The molecule has 1 aromatic rings. The van der Waals surface area contributed by atoms with Gasteiger partial charge in [0.2, 0.25) is 0 Å².